The van der Waals surface area contributed by atoms with Gasteiger partial charge in [0.1, 0.15) is 0 Å². The molecule has 5 heteroatoms. The second-order valence-electron chi connectivity index (χ2n) is 7.36. The van der Waals surface area contributed by atoms with E-state index in [1.807, 2.05) is 37.3 Å². The number of amides is 1. The van der Waals surface area contributed by atoms with E-state index >= 15 is 0 Å². The molecule has 0 fully saturated rings. The van der Waals surface area contributed by atoms with Gasteiger partial charge in [0, 0.05) is 16.1 Å². The number of ketones is 1. The van der Waals surface area contributed by atoms with Crippen LogP contribution in [0.1, 0.15) is 33.5 Å². The van der Waals surface area contributed by atoms with Crippen molar-refractivity contribution in [1.29, 1.82) is 0 Å². The van der Waals surface area contributed by atoms with E-state index in [0.29, 0.717) is 28.4 Å². The Balaban J connectivity index is 1.66. The molecule has 1 atom stereocenters. The van der Waals surface area contributed by atoms with Crippen LogP contribution < -0.4 is 4.90 Å². The van der Waals surface area contributed by atoms with Crippen LogP contribution in [0, 0.1) is 6.92 Å². The number of para-hydroxylation sites is 1. The van der Waals surface area contributed by atoms with Crippen molar-refractivity contribution in [2.45, 2.75) is 25.5 Å². The molecule has 29 heavy (non-hydrogen) atoms. The number of carbonyl (C=O) groups is 2. The Hall–Kier alpha value is -2.95. The minimum atomic E-state index is -1.89. The zero-order chi connectivity index (χ0) is 20.6. The standard InChI is InChI=1S/C24H20ClNO3/c1-16-6-8-17(9-7-16)15-26-21-5-3-2-4-20(21)24(29,23(26)28)14-22(27)18-10-12-19(25)13-11-18/h2-13,29H,14-15H2,1H3. The number of aryl methyl sites for hydroxylation is 1. The minimum absolute atomic E-state index is 0.315. The average Bonchev–Trinajstić information content (AvgIpc) is 2.92. The molecule has 3 aromatic rings. The van der Waals surface area contributed by atoms with E-state index in [4.69, 9.17) is 11.6 Å². The van der Waals surface area contributed by atoms with E-state index < -0.39 is 11.5 Å². The molecule has 1 amide bonds. The number of benzene rings is 3. The summed E-state index contributed by atoms with van der Waals surface area (Å²) in [5.74, 6) is -0.800. The molecule has 0 aromatic heterocycles. The lowest BCUT2D eigenvalue weighted by molar-refractivity contribution is -0.136. The van der Waals surface area contributed by atoms with Gasteiger partial charge in [-0.05, 0) is 42.8 Å². The van der Waals surface area contributed by atoms with Gasteiger partial charge in [-0.2, -0.15) is 0 Å². The molecular weight excluding hydrogens is 386 g/mol. The lowest BCUT2D eigenvalue weighted by Crippen LogP contribution is -2.41. The lowest BCUT2D eigenvalue weighted by Gasteiger charge is -2.23. The fourth-order valence-electron chi connectivity index (χ4n) is 3.68. The number of hydrogen-bond acceptors (Lipinski definition) is 3. The minimum Gasteiger partial charge on any atom is -0.375 e. The fourth-order valence-corrected chi connectivity index (χ4v) is 3.81. The third-order valence-electron chi connectivity index (χ3n) is 5.28. The molecule has 1 aliphatic heterocycles. The van der Waals surface area contributed by atoms with Crippen molar-refractivity contribution in [2.24, 2.45) is 0 Å². The van der Waals surface area contributed by atoms with Crippen LogP contribution in [0.5, 0.6) is 0 Å². The smallest absolute Gasteiger partial charge is 0.264 e. The van der Waals surface area contributed by atoms with Crippen LogP contribution in [0.15, 0.2) is 72.8 Å². The van der Waals surface area contributed by atoms with Gasteiger partial charge in [-0.3, -0.25) is 9.59 Å². The van der Waals surface area contributed by atoms with Gasteiger partial charge in [0.2, 0.25) is 0 Å². The van der Waals surface area contributed by atoms with Gasteiger partial charge in [-0.1, -0.05) is 59.6 Å². The second-order valence-corrected chi connectivity index (χ2v) is 7.80. The molecule has 0 spiro atoms. The zero-order valence-electron chi connectivity index (χ0n) is 15.9. The highest BCUT2D eigenvalue weighted by Gasteiger charge is 2.50. The summed E-state index contributed by atoms with van der Waals surface area (Å²) in [5.41, 5.74) is 1.69. The van der Waals surface area contributed by atoms with Crippen LogP contribution >= 0.6 is 11.6 Å². The monoisotopic (exact) mass is 405 g/mol. The third-order valence-corrected chi connectivity index (χ3v) is 5.54. The number of halogens is 1. The van der Waals surface area contributed by atoms with E-state index in [-0.39, 0.29) is 12.2 Å². The largest absolute Gasteiger partial charge is 0.375 e. The number of rotatable bonds is 5. The number of Topliss-reactive ketones (excluding diaryl/α,β-unsaturated/α-hetero) is 1. The van der Waals surface area contributed by atoms with Crippen LogP contribution in [0.3, 0.4) is 0 Å². The molecule has 0 bridgehead atoms. The molecule has 0 saturated carbocycles. The molecule has 1 unspecified atom stereocenters. The van der Waals surface area contributed by atoms with Crippen molar-refractivity contribution in [2.75, 3.05) is 4.90 Å². The van der Waals surface area contributed by atoms with E-state index in [0.717, 1.165) is 11.1 Å². The summed E-state index contributed by atoms with van der Waals surface area (Å²) in [7, 11) is 0. The molecule has 0 radical (unpaired) electrons. The number of carbonyl (C=O) groups excluding carboxylic acids is 2. The molecule has 4 nitrogen and oxygen atoms in total. The fraction of sp³-hybridized carbons (Fsp3) is 0.167. The highest BCUT2D eigenvalue weighted by molar-refractivity contribution is 6.30. The molecule has 1 N–H and O–H groups in total. The number of aliphatic hydroxyl groups is 1. The Labute approximate surface area is 174 Å². The van der Waals surface area contributed by atoms with E-state index in [2.05, 4.69) is 0 Å². The number of nitrogens with zero attached hydrogens (tertiary/aromatic N) is 1. The summed E-state index contributed by atoms with van der Waals surface area (Å²) in [6.07, 6.45) is -0.325. The lowest BCUT2D eigenvalue weighted by atomic mass is 9.88. The van der Waals surface area contributed by atoms with E-state index in [1.165, 1.54) is 0 Å². The quantitative estimate of drug-likeness (QED) is 0.628. The van der Waals surface area contributed by atoms with Gasteiger partial charge < -0.3 is 10.0 Å². The van der Waals surface area contributed by atoms with Gasteiger partial charge in [-0.25, -0.2) is 0 Å². The van der Waals surface area contributed by atoms with Crippen molar-refractivity contribution in [1.82, 2.24) is 0 Å². The number of fused-ring (bicyclic) bond motifs is 1. The molecule has 0 aliphatic carbocycles. The van der Waals surface area contributed by atoms with Crippen molar-refractivity contribution in [3.8, 4) is 0 Å². The van der Waals surface area contributed by atoms with Gasteiger partial charge >= 0.3 is 0 Å². The summed E-state index contributed by atoms with van der Waals surface area (Å²) in [5, 5.41) is 11.9. The molecule has 1 heterocycles. The first kappa shape index (κ1) is 19.4. The zero-order valence-corrected chi connectivity index (χ0v) is 16.7. The molecule has 146 valence electrons. The van der Waals surface area contributed by atoms with E-state index in [9.17, 15) is 14.7 Å². The molecule has 0 saturated heterocycles. The highest BCUT2D eigenvalue weighted by atomic mass is 35.5. The van der Waals surface area contributed by atoms with Gasteiger partial charge in [0.25, 0.3) is 5.91 Å². The maximum atomic E-state index is 13.3. The topological polar surface area (TPSA) is 57.6 Å². The molecular formula is C24H20ClNO3. The summed E-state index contributed by atoms with van der Waals surface area (Å²) in [6, 6.07) is 21.4. The normalized spacial score (nSPS) is 18.0. The van der Waals surface area contributed by atoms with Gasteiger partial charge in [-0.15, -0.1) is 0 Å². The predicted octanol–water partition coefficient (Wildman–Crippen LogP) is 4.66. The number of hydrogen-bond donors (Lipinski definition) is 1. The maximum absolute atomic E-state index is 13.3. The van der Waals surface area contributed by atoms with Crippen LogP contribution in [-0.4, -0.2) is 16.8 Å². The Morgan fingerprint density at radius 3 is 2.34 bits per heavy atom. The average molecular weight is 406 g/mol. The Kier molecular flexibility index (Phi) is 4.99. The van der Waals surface area contributed by atoms with Crippen molar-refractivity contribution >= 4 is 29.0 Å². The van der Waals surface area contributed by atoms with Crippen molar-refractivity contribution < 1.29 is 14.7 Å². The third kappa shape index (κ3) is 3.57. The first-order valence-electron chi connectivity index (χ1n) is 9.37. The van der Waals surface area contributed by atoms with E-state index in [1.54, 1.807) is 47.4 Å². The maximum Gasteiger partial charge on any atom is 0.264 e. The van der Waals surface area contributed by atoms with Crippen LogP contribution in [0.4, 0.5) is 5.69 Å². The van der Waals surface area contributed by atoms with Gasteiger partial charge in [0.15, 0.2) is 11.4 Å². The summed E-state index contributed by atoms with van der Waals surface area (Å²) >= 11 is 5.89. The summed E-state index contributed by atoms with van der Waals surface area (Å²) in [6.45, 7) is 2.33. The Bertz CT molecular complexity index is 1080. The summed E-state index contributed by atoms with van der Waals surface area (Å²) in [4.78, 5) is 27.6. The molecule has 4 rings (SSSR count). The first-order valence-corrected chi connectivity index (χ1v) is 9.74. The summed E-state index contributed by atoms with van der Waals surface area (Å²) < 4.78 is 0. The Morgan fingerprint density at radius 2 is 1.66 bits per heavy atom. The Morgan fingerprint density at radius 1 is 1.00 bits per heavy atom. The number of anilines is 1. The van der Waals surface area contributed by atoms with Gasteiger partial charge in [0.05, 0.1) is 18.7 Å². The second kappa shape index (κ2) is 7.47. The highest BCUT2D eigenvalue weighted by Crippen LogP contribution is 2.43. The van der Waals surface area contributed by atoms with Crippen molar-refractivity contribution in [3.05, 3.63) is 100 Å². The SMILES string of the molecule is Cc1ccc(CN2C(=O)C(O)(CC(=O)c3ccc(Cl)cc3)c3ccccc32)cc1. The molecule has 3 aromatic carbocycles. The first-order chi connectivity index (χ1) is 13.9. The molecule has 1 aliphatic rings. The van der Waals surface area contributed by atoms with Crippen molar-refractivity contribution in [3.63, 3.8) is 0 Å². The van der Waals surface area contributed by atoms with Crippen LogP contribution in [0.25, 0.3) is 0 Å². The van der Waals surface area contributed by atoms with Crippen LogP contribution in [0.2, 0.25) is 5.02 Å². The van der Waals surface area contributed by atoms with Crippen LogP contribution in [-0.2, 0) is 16.9 Å². The predicted molar refractivity (Wildman–Crippen MR) is 113 cm³/mol.